The lowest BCUT2D eigenvalue weighted by atomic mass is 9.78. The molecule has 2 aliphatic heterocycles. The zero-order chi connectivity index (χ0) is 20.8. The molecular weight excluding hydrogens is 382 g/mol. The van der Waals surface area contributed by atoms with Crippen molar-refractivity contribution in [3.05, 3.63) is 65.2 Å². The molecule has 0 aliphatic carbocycles. The molecule has 1 amide bonds. The van der Waals surface area contributed by atoms with Crippen LogP contribution in [0.3, 0.4) is 0 Å². The van der Waals surface area contributed by atoms with Crippen LogP contribution in [-0.2, 0) is 11.2 Å². The monoisotopic (exact) mass is 409 g/mol. The number of rotatable bonds is 4. The smallest absolute Gasteiger partial charge is 0.233 e. The zero-order valence-corrected chi connectivity index (χ0v) is 18.1. The number of nitrogens with one attached hydrogen (secondary N) is 1. The highest BCUT2D eigenvalue weighted by molar-refractivity contribution is 7.80. The molecule has 2 bridgehead atoms. The number of carbonyl (C=O) groups is 1. The Bertz CT molecular complexity index is 946. The molecule has 152 valence electrons. The van der Waals surface area contributed by atoms with Crippen molar-refractivity contribution in [1.29, 1.82) is 0 Å². The van der Waals surface area contributed by atoms with E-state index < -0.39 is 11.6 Å². The van der Waals surface area contributed by atoms with Gasteiger partial charge in [-0.3, -0.25) is 4.79 Å². The quantitative estimate of drug-likeness (QED) is 0.785. The Morgan fingerprint density at radius 1 is 1.24 bits per heavy atom. The molecule has 2 heterocycles. The molecule has 2 aromatic carbocycles. The zero-order valence-electron chi connectivity index (χ0n) is 17.3. The van der Waals surface area contributed by atoms with Crippen LogP contribution in [0, 0.1) is 12.8 Å². The molecule has 2 aromatic rings. The van der Waals surface area contributed by atoms with Crippen LogP contribution in [-0.4, -0.2) is 47.2 Å². The summed E-state index contributed by atoms with van der Waals surface area (Å²) in [5.74, 6) is 0.434. The molecular formula is C23H27N3O2S. The topological polar surface area (TPSA) is 44.8 Å². The molecule has 6 heteroatoms. The van der Waals surface area contributed by atoms with Crippen molar-refractivity contribution >= 4 is 23.2 Å². The Morgan fingerprint density at radius 2 is 1.97 bits per heavy atom. The highest BCUT2D eigenvalue weighted by Gasteiger charge is 2.58. The maximum absolute atomic E-state index is 13.3. The minimum Gasteiger partial charge on any atom is -0.467 e. The van der Waals surface area contributed by atoms with E-state index in [4.69, 9.17) is 17.0 Å². The van der Waals surface area contributed by atoms with Crippen molar-refractivity contribution in [3.63, 3.8) is 0 Å². The van der Waals surface area contributed by atoms with Crippen LogP contribution in [0.15, 0.2) is 48.5 Å². The van der Waals surface area contributed by atoms with Gasteiger partial charge in [-0.25, -0.2) is 0 Å². The number of carbonyl (C=O) groups excluding carboxylic acids is 1. The summed E-state index contributed by atoms with van der Waals surface area (Å²) in [4.78, 5) is 17.0. The van der Waals surface area contributed by atoms with Gasteiger partial charge in [0.1, 0.15) is 11.7 Å². The fraction of sp³-hybridized carbons (Fsp3) is 0.391. The summed E-state index contributed by atoms with van der Waals surface area (Å²) < 4.78 is 6.55. The van der Waals surface area contributed by atoms with E-state index in [0.29, 0.717) is 11.7 Å². The number of amides is 1. The number of nitrogens with zero attached hydrogens (tertiary/aromatic N) is 2. The third-order valence-electron chi connectivity index (χ3n) is 5.96. The third kappa shape index (κ3) is 3.35. The Labute approximate surface area is 177 Å². The van der Waals surface area contributed by atoms with Crippen molar-refractivity contribution < 1.29 is 9.53 Å². The van der Waals surface area contributed by atoms with E-state index in [9.17, 15) is 4.79 Å². The van der Waals surface area contributed by atoms with Crippen molar-refractivity contribution in [3.8, 4) is 5.75 Å². The first-order valence-corrected chi connectivity index (χ1v) is 10.3. The highest BCUT2D eigenvalue weighted by Crippen LogP contribution is 2.48. The van der Waals surface area contributed by atoms with Gasteiger partial charge in [0, 0.05) is 26.2 Å². The Hall–Kier alpha value is -2.60. The molecule has 1 fully saturated rings. The normalized spacial score (nSPS) is 25.0. The number of aryl methyl sites for hydroxylation is 1. The van der Waals surface area contributed by atoms with E-state index in [0.717, 1.165) is 23.3 Å². The molecule has 1 saturated heterocycles. The molecule has 4 rings (SSSR count). The first kappa shape index (κ1) is 19.7. The second-order valence-corrected chi connectivity index (χ2v) is 8.61. The standard InChI is InChI=1S/C23H27N3O2S/c1-15-10-11-18-17(14-15)20-19(21(27)25(3)4)23(2,28-18)26(22(29)24-20)13-12-16-8-6-5-7-9-16/h5-11,14,19-20H,12-13H2,1-4H3,(H,24,29)/t19-,20-,23+/m1/s1. The van der Waals surface area contributed by atoms with E-state index in [1.165, 1.54) is 5.56 Å². The van der Waals surface area contributed by atoms with E-state index in [1.807, 2.05) is 49.1 Å². The van der Waals surface area contributed by atoms with Gasteiger partial charge in [0.05, 0.1) is 6.04 Å². The molecule has 2 aliphatic rings. The van der Waals surface area contributed by atoms with Crippen LogP contribution in [0.4, 0.5) is 0 Å². The molecule has 29 heavy (non-hydrogen) atoms. The van der Waals surface area contributed by atoms with Crippen molar-refractivity contribution in [2.45, 2.75) is 32.0 Å². The van der Waals surface area contributed by atoms with Gasteiger partial charge in [0.25, 0.3) is 0 Å². The summed E-state index contributed by atoms with van der Waals surface area (Å²) in [6, 6.07) is 16.2. The van der Waals surface area contributed by atoms with Crippen LogP contribution in [0.5, 0.6) is 5.75 Å². The molecule has 0 radical (unpaired) electrons. The average Bonchev–Trinajstić information content (AvgIpc) is 2.68. The summed E-state index contributed by atoms with van der Waals surface area (Å²) in [6.45, 7) is 4.70. The lowest BCUT2D eigenvalue weighted by molar-refractivity contribution is -0.161. The molecule has 0 saturated carbocycles. The molecule has 3 atom stereocenters. The van der Waals surface area contributed by atoms with Crippen LogP contribution in [0.25, 0.3) is 0 Å². The van der Waals surface area contributed by atoms with E-state index >= 15 is 0 Å². The fourth-order valence-electron chi connectivity index (χ4n) is 4.43. The average molecular weight is 410 g/mol. The van der Waals surface area contributed by atoms with Crippen molar-refractivity contribution in [2.75, 3.05) is 20.6 Å². The predicted molar refractivity (Wildman–Crippen MR) is 118 cm³/mol. The summed E-state index contributed by atoms with van der Waals surface area (Å²) >= 11 is 5.75. The summed E-state index contributed by atoms with van der Waals surface area (Å²) in [6.07, 6.45) is 0.815. The van der Waals surface area contributed by atoms with Gasteiger partial charge >= 0.3 is 0 Å². The number of ether oxygens (including phenoxy) is 1. The van der Waals surface area contributed by atoms with Crippen LogP contribution >= 0.6 is 12.2 Å². The second-order valence-electron chi connectivity index (χ2n) is 8.22. The van der Waals surface area contributed by atoms with E-state index in [-0.39, 0.29) is 11.9 Å². The maximum Gasteiger partial charge on any atom is 0.233 e. The Morgan fingerprint density at radius 3 is 2.66 bits per heavy atom. The van der Waals surface area contributed by atoms with Crippen LogP contribution in [0.1, 0.15) is 29.7 Å². The first-order chi connectivity index (χ1) is 13.8. The van der Waals surface area contributed by atoms with Gasteiger partial charge in [0.2, 0.25) is 5.91 Å². The van der Waals surface area contributed by atoms with Crippen LogP contribution < -0.4 is 10.1 Å². The van der Waals surface area contributed by atoms with Gasteiger partial charge in [0.15, 0.2) is 10.8 Å². The largest absolute Gasteiger partial charge is 0.467 e. The number of hydrogen-bond acceptors (Lipinski definition) is 3. The second kappa shape index (κ2) is 7.34. The van der Waals surface area contributed by atoms with Crippen LogP contribution in [0.2, 0.25) is 0 Å². The number of hydrogen-bond donors (Lipinski definition) is 1. The fourth-order valence-corrected chi connectivity index (χ4v) is 4.83. The number of thiocarbonyl (C=S) groups is 1. The van der Waals surface area contributed by atoms with E-state index in [1.54, 1.807) is 19.0 Å². The molecule has 0 aromatic heterocycles. The molecule has 1 N–H and O–H groups in total. The molecule has 0 unspecified atom stereocenters. The lowest BCUT2D eigenvalue weighted by Crippen LogP contribution is -2.72. The van der Waals surface area contributed by atoms with Gasteiger partial charge in [-0.2, -0.15) is 0 Å². The number of benzene rings is 2. The molecule has 5 nitrogen and oxygen atoms in total. The minimum absolute atomic E-state index is 0.0318. The van der Waals surface area contributed by atoms with E-state index in [2.05, 4.69) is 23.5 Å². The summed E-state index contributed by atoms with van der Waals surface area (Å²) in [7, 11) is 3.58. The number of fused-ring (bicyclic) bond motifs is 4. The lowest BCUT2D eigenvalue weighted by Gasteiger charge is -2.56. The SMILES string of the molecule is Cc1ccc2c(c1)[C@H]1NC(=S)N(CCc3ccccc3)[C@@](C)(O2)[C@H]1C(=O)N(C)C. The van der Waals surface area contributed by atoms with Gasteiger partial charge in [-0.1, -0.05) is 48.0 Å². The molecule has 0 spiro atoms. The first-order valence-electron chi connectivity index (χ1n) is 9.94. The Balaban J connectivity index is 1.74. The van der Waals surface area contributed by atoms with Gasteiger partial charge in [-0.05, 0) is 44.1 Å². The minimum atomic E-state index is -0.856. The maximum atomic E-state index is 13.3. The van der Waals surface area contributed by atoms with Gasteiger partial charge in [-0.15, -0.1) is 0 Å². The van der Waals surface area contributed by atoms with Crippen molar-refractivity contribution in [1.82, 2.24) is 15.1 Å². The third-order valence-corrected chi connectivity index (χ3v) is 6.30. The Kier molecular flexibility index (Phi) is 4.99. The van der Waals surface area contributed by atoms with Crippen molar-refractivity contribution in [2.24, 2.45) is 5.92 Å². The summed E-state index contributed by atoms with van der Waals surface area (Å²) in [5.41, 5.74) is 2.49. The summed E-state index contributed by atoms with van der Waals surface area (Å²) in [5, 5.41) is 4.09. The predicted octanol–water partition coefficient (Wildman–Crippen LogP) is 3.28. The highest BCUT2D eigenvalue weighted by atomic mass is 32.1. The van der Waals surface area contributed by atoms with Gasteiger partial charge < -0.3 is 19.9 Å².